The normalized spacial score (nSPS) is 36.7. The average molecular weight is 547 g/mol. The van der Waals surface area contributed by atoms with Crippen LogP contribution in [0.25, 0.3) is 0 Å². The zero-order chi connectivity index (χ0) is 28.5. The van der Waals surface area contributed by atoms with Crippen LogP contribution in [0.1, 0.15) is 124 Å². The number of allylic oxidation sites excluding steroid dienone is 1. The lowest BCUT2D eigenvalue weighted by Gasteiger charge is -2.58. The highest BCUT2D eigenvalue weighted by Gasteiger charge is 2.59. The van der Waals surface area contributed by atoms with E-state index in [1.54, 1.807) is 5.57 Å². The molecule has 40 heavy (non-hydrogen) atoms. The first-order chi connectivity index (χ1) is 19.2. The van der Waals surface area contributed by atoms with Crippen molar-refractivity contribution in [3.05, 3.63) is 47.5 Å². The summed E-state index contributed by atoms with van der Waals surface area (Å²) in [6.07, 6.45) is 18.8. The van der Waals surface area contributed by atoms with Crippen molar-refractivity contribution in [3.8, 4) is 0 Å². The van der Waals surface area contributed by atoms with Crippen molar-refractivity contribution in [1.82, 2.24) is 0 Å². The molecule has 2 heteroatoms. The maximum Gasteiger partial charge on any atom is 0.310 e. The molecule has 0 unspecified atom stereocenters. The fraction of sp³-hybridized carbons (Fsp3) is 0.763. The predicted octanol–water partition coefficient (Wildman–Crippen LogP) is 10.2. The topological polar surface area (TPSA) is 26.3 Å². The van der Waals surface area contributed by atoms with E-state index in [4.69, 9.17) is 4.74 Å². The molecule has 3 fully saturated rings. The first-order valence-corrected chi connectivity index (χ1v) is 17.1. The van der Waals surface area contributed by atoms with E-state index in [1.807, 2.05) is 30.3 Å². The molecule has 9 atom stereocenters. The van der Waals surface area contributed by atoms with Crippen LogP contribution >= 0.6 is 0 Å². The molecular formula is C38H58O2. The van der Waals surface area contributed by atoms with E-state index in [1.165, 1.54) is 64.2 Å². The molecule has 222 valence electrons. The summed E-state index contributed by atoms with van der Waals surface area (Å²) in [5.41, 5.74) is 3.49. The van der Waals surface area contributed by atoms with Crippen LogP contribution in [0.4, 0.5) is 0 Å². The zero-order valence-electron chi connectivity index (χ0n) is 26.6. The quantitative estimate of drug-likeness (QED) is 0.215. The lowest BCUT2D eigenvalue weighted by molar-refractivity contribution is -0.150. The smallest absolute Gasteiger partial charge is 0.310 e. The Morgan fingerprint density at radius 2 is 1.73 bits per heavy atom. The first kappa shape index (κ1) is 29.9. The number of esters is 1. The van der Waals surface area contributed by atoms with Crippen LogP contribution in [0.5, 0.6) is 0 Å². The SMILES string of the molecule is CCC[C@H](CC[C@@H](C)[C@@H]1CC[C@@H]2[C@@H]3CC=C4C[C@@H](OC(=O)Cc5ccccc5)CC[C@]4(C)[C@@H]3CC[C@@]21C)C(C)C. The van der Waals surface area contributed by atoms with Crippen molar-refractivity contribution in [3.63, 3.8) is 0 Å². The van der Waals surface area contributed by atoms with E-state index in [0.29, 0.717) is 17.3 Å². The highest BCUT2D eigenvalue weighted by Crippen LogP contribution is 2.67. The third-order valence-electron chi connectivity index (χ3n) is 12.9. The minimum atomic E-state index is -0.0666. The van der Waals surface area contributed by atoms with Crippen molar-refractivity contribution in [2.24, 2.45) is 52.3 Å². The van der Waals surface area contributed by atoms with E-state index in [9.17, 15) is 4.79 Å². The minimum absolute atomic E-state index is 0.0556. The number of hydrogen-bond acceptors (Lipinski definition) is 2. The molecule has 0 saturated heterocycles. The largest absolute Gasteiger partial charge is 0.462 e. The molecule has 0 spiro atoms. The van der Waals surface area contributed by atoms with E-state index in [2.05, 4.69) is 47.6 Å². The molecule has 1 aromatic carbocycles. The van der Waals surface area contributed by atoms with Crippen molar-refractivity contribution in [1.29, 1.82) is 0 Å². The van der Waals surface area contributed by atoms with E-state index in [-0.39, 0.29) is 12.1 Å². The standard InChI is InChI=1S/C38H58O2/c1-7-11-29(26(2)3)15-14-27(4)33-18-19-34-32-17-16-30-25-31(40-36(39)24-28-12-9-8-10-13-28)20-22-37(30,5)35(32)21-23-38(33,34)6/h8-10,12-13,16,26-27,29,31-35H,7,11,14-15,17-25H2,1-6H3/t27-,29-,31+,32+,33+,34-,35-,37+,38-/m1/s1. The second-order valence-corrected chi connectivity index (χ2v) is 15.4. The predicted molar refractivity (Wildman–Crippen MR) is 167 cm³/mol. The first-order valence-electron chi connectivity index (χ1n) is 17.1. The van der Waals surface area contributed by atoms with Gasteiger partial charge in [0, 0.05) is 6.42 Å². The summed E-state index contributed by atoms with van der Waals surface area (Å²) in [5, 5.41) is 0. The summed E-state index contributed by atoms with van der Waals surface area (Å²) < 4.78 is 6.04. The van der Waals surface area contributed by atoms with Gasteiger partial charge in [-0.15, -0.1) is 0 Å². The maximum absolute atomic E-state index is 12.7. The van der Waals surface area contributed by atoms with Crippen molar-refractivity contribution in [2.75, 3.05) is 0 Å². The minimum Gasteiger partial charge on any atom is -0.462 e. The van der Waals surface area contributed by atoms with Crippen LogP contribution in [0, 0.1) is 52.3 Å². The van der Waals surface area contributed by atoms with Gasteiger partial charge in [-0.3, -0.25) is 4.79 Å². The summed E-state index contributed by atoms with van der Waals surface area (Å²) in [5.74, 6) is 5.99. The van der Waals surface area contributed by atoms with Gasteiger partial charge in [-0.2, -0.15) is 0 Å². The molecular weight excluding hydrogens is 488 g/mol. The Bertz CT molecular complexity index is 1030. The summed E-state index contributed by atoms with van der Waals surface area (Å²) >= 11 is 0. The molecule has 5 rings (SSSR count). The van der Waals surface area contributed by atoms with Gasteiger partial charge in [0.2, 0.25) is 0 Å². The van der Waals surface area contributed by atoms with Gasteiger partial charge in [0.25, 0.3) is 0 Å². The molecule has 3 saturated carbocycles. The van der Waals surface area contributed by atoms with Crippen LogP contribution in [-0.2, 0) is 16.0 Å². The highest BCUT2D eigenvalue weighted by atomic mass is 16.5. The maximum atomic E-state index is 12.7. The van der Waals surface area contributed by atoms with E-state index < -0.39 is 0 Å². The summed E-state index contributed by atoms with van der Waals surface area (Å²) in [4.78, 5) is 12.7. The third-order valence-corrected chi connectivity index (χ3v) is 12.9. The molecule has 0 aliphatic heterocycles. The molecule has 1 aromatic rings. The van der Waals surface area contributed by atoms with Gasteiger partial charge in [-0.05, 0) is 109 Å². The third kappa shape index (κ3) is 5.85. The lowest BCUT2D eigenvalue weighted by Crippen LogP contribution is -2.51. The molecule has 4 aliphatic rings. The van der Waals surface area contributed by atoms with Gasteiger partial charge in [-0.25, -0.2) is 0 Å². The number of fused-ring (bicyclic) bond motifs is 5. The van der Waals surface area contributed by atoms with Crippen LogP contribution in [0.2, 0.25) is 0 Å². The average Bonchev–Trinajstić information content (AvgIpc) is 3.28. The summed E-state index contributed by atoms with van der Waals surface area (Å²) in [6.45, 7) is 15.1. The Balaban J connectivity index is 1.21. The number of carbonyl (C=O) groups is 1. The van der Waals surface area contributed by atoms with Crippen molar-refractivity contribution in [2.45, 2.75) is 131 Å². The summed E-state index contributed by atoms with van der Waals surface area (Å²) in [7, 11) is 0. The van der Waals surface area contributed by atoms with Crippen LogP contribution in [-0.4, -0.2) is 12.1 Å². The molecule has 0 N–H and O–H groups in total. The second kappa shape index (κ2) is 12.3. The molecule has 0 radical (unpaired) electrons. The Morgan fingerprint density at radius 3 is 2.45 bits per heavy atom. The van der Waals surface area contributed by atoms with Gasteiger partial charge in [0.1, 0.15) is 6.10 Å². The Hall–Kier alpha value is -1.57. The van der Waals surface area contributed by atoms with E-state index in [0.717, 1.165) is 59.8 Å². The number of benzene rings is 1. The Labute approximate surface area is 246 Å². The number of carbonyl (C=O) groups excluding carboxylic acids is 1. The van der Waals surface area contributed by atoms with Crippen LogP contribution < -0.4 is 0 Å². The van der Waals surface area contributed by atoms with Crippen LogP contribution in [0.15, 0.2) is 42.0 Å². The molecule has 0 aromatic heterocycles. The molecule has 0 bridgehead atoms. The molecule has 2 nitrogen and oxygen atoms in total. The number of hydrogen-bond donors (Lipinski definition) is 0. The molecule has 0 heterocycles. The zero-order valence-corrected chi connectivity index (χ0v) is 26.6. The Kier molecular flexibility index (Phi) is 9.23. The fourth-order valence-corrected chi connectivity index (χ4v) is 10.6. The van der Waals surface area contributed by atoms with Gasteiger partial charge in [-0.1, -0.05) is 103 Å². The Morgan fingerprint density at radius 1 is 0.950 bits per heavy atom. The van der Waals surface area contributed by atoms with Gasteiger partial charge in [0.05, 0.1) is 6.42 Å². The monoisotopic (exact) mass is 546 g/mol. The van der Waals surface area contributed by atoms with E-state index >= 15 is 0 Å². The number of ether oxygens (including phenoxy) is 1. The van der Waals surface area contributed by atoms with Gasteiger partial charge >= 0.3 is 5.97 Å². The lowest BCUT2D eigenvalue weighted by atomic mass is 9.47. The van der Waals surface area contributed by atoms with Crippen molar-refractivity contribution >= 4 is 5.97 Å². The second-order valence-electron chi connectivity index (χ2n) is 15.4. The van der Waals surface area contributed by atoms with Gasteiger partial charge in [0.15, 0.2) is 0 Å². The van der Waals surface area contributed by atoms with Crippen LogP contribution in [0.3, 0.4) is 0 Å². The highest BCUT2D eigenvalue weighted by molar-refractivity contribution is 5.72. The van der Waals surface area contributed by atoms with Gasteiger partial charge < -0.3 is 4.74 Å². The molecule has 4 aliphatic carbocycles. The van der Waals surface area contributed by atoms with Crippen molar-refractivity contribution < 1.29 is 9.53 Å². The molecule has 0 amide bonds. The number of rotatable bonds is 10. The summed E-state index contributed by atoms with van der Waals surface area (Å²) in [6, 6.07) is 10.0. The fourth-order valence-electron chi connectivity index (χ4n) is 10.6.